The van der Waals surface area contributed by atoms with Gasteiger partial charge >= 0.3 is 12.1 Å². The SMILES string of the molecule is CC(C)(C)OC(=O)N[C@@]1(C(=O)O)C[C@@H]1c1ccc(F)cc1. The fourth-order valence-electron chi connectivity index (χ4n) is 2.27. The van der Waals surface area contributed by atoms with E-state index in [0.29, 0.717) is 5.56 Å². The average molecular weight is 295 g/mol. The van der Waals surface area contributed by atoms with Crippen molar-refractivity contribution in [3.8, 4) is 0 Å². The molecule has 1 amide bonds. The highest BCUT2D eigenvalue weighted by Crippen LogP contribution is 2.51. The summed E-state index contributed by atoms with van der Waals surface area (Å²) in [6.07, 6.45) is -0.512. The van der Waals surface area contributed by atoms with E-state index in [0.717, 1.165) is 0 Å². The number of carboxylic acids is 1. The van der Waals surface area contributed by atoms with Crippen molar-refractivity contribution < 1.29 is 23.8 Å². The highest BCUT2D eigenvalue weighted by atomic mass is 19.1. The zero-order valence-corrected chi connectivity index (χ0v) is 12.1. The van der Waals surface area contributed by atoms with Gasteiger partial charge in [-0.05, 0) is 44.9 Å². The van der Waals surface area contributed by atoms with Gasteiger partial charge in [0.15, 0.2) is 0 Å². The molecule has 0 spiro atoms. The Labute approximate surface area is 122 Å². The maximum Gasteiger partial charge on any atom is 0.408 e. The number of hydrogen-bond acceptors (Lipinski definition) is 3. The molecule has 1 aliphatic carbocycles. The lowest BCUT2D eigenvalue weighted by atomic mass is 10.1. The van der Waals surface area contributed by atoms with Gasteiger partial charge in [-0.2, -0.15) is 0 Å². The van der Waals surface area contributed by atoms with Gasteiger partial charge < -0.3 is 15.2 Å². The number of alkyl carbamates (subject to hydrolysis) is 1. The third-order valence-corrected chi connectivity index (χ3v) is 3.34. The second kappa shape index (κ2) is 5.02. The summed E-state index contributed by atoms with van der Waals surface area (Å²) in [7, 11) is 0. The number of ether oxygens (including phenoxy) is 1. The third kappa shape index (κ3) is 3.32. The van der Waals surface area contributed by atoms with Crippen LogP contribution >= 0.6 is 0 Å². The van der Waals surface area contributed by atoms with E-state index in [4.69, 9.17) is 4.74 Å². The predicted molar refractivity (Wildman–Crippen MR) is 73.5 cm³/mol. The van der Waals surface area contributed by atoms with Gasteiger partial charge in [0.25, 0.3) is 0 Å². The van der Waals surface area contributed by atoms with E-state index in [2.05, 4.69) is 5.32 Å². The Bertz CT molecular complexity index is 564. The summed E-state index contributed by atoms with van der Waals surface area (Å²) in [5, 5.41) is 11.8. The highest BCUT2D eigenvalue weighted by molar-refractivity contribution is 5.90. The number of benzene rings is 1. The van der Waals surface area contributed by atoms with Gasteiger partial charge in [-0.1, -0.05) is 12.1 Å². The first-order valence-corrected chi connectivity index (χ1v) is 6.64. The summed E-state index contributed by atoms with van der Waals surface area (Å²) in [4.78, 5) is 23.3. The van der Waals surface area contributed by atoms with E-state index in [9.17, 15) is 19.1 Å². The van der Waals surface area contributed by atoms with Gasteiger partial charge in [-0.25, -0.2) is 14.0 Å². The summed E-state index contributed by atoms with van der Waals surface area (Å²) in [6, 6.07) is 5.60. The number of nitrogens with one attached hydrogen (secondary N) is 1. The predicted octanol–water partition coefficient (Wildman–Crippen LogP) is 2.66. The number of carbonyl (C=O) groups is 2. The summed E-state index contributed by atoms with van der Waals surface area (Å²) >= 11 is 0. The van der Waals surface area contributed by atoms with Crippen LogP contribution < -0.4 is 5.32 Å². The lowest BCUT2D eigenvalue weighted by molar-refractivity contribution is -0.140. The Morgan fingerprint density at radius 3 is 2.38 bits per heavy atom. The number of rotatable bonds is 3. The fourth-order valence-corrected chi connectivity index (χ4v) is 2.27. The number of halogens is 1. The molecule has 0 aliphatic heterocycles. The molecule has 2 N–H and O–H groups in total. The minimum Gasteiger partial charge on any atom is -0.479 e. The molecule has 21 heavy (non-hydrogen) atoms. The first-order chi connectivity index (χ1) is 9.64. The molecule has 2 rings (SSSR count). The molecule has 5 nitrogen and oxygen atoms in total. The lowest BCUT2D eigenvalue weighted by Crippen LogP contribution is -2.46. The molecule has 0 unspecified atom stereocenters. The van der Waals surface area contributed by atoms with Gasteiger partial charge in [-0.3, -0.25) is 0 Å². The molecule has 0 bridgehead atoms. The zero-order chi connectivity index (χ0) is 15.8. The first-order valence-electron chi connectivity index (χ1n) is 6.64. The van der Waals surface area contributed by atoms with Crippen LogP contribution in [0.3, 0.4) is 0 Å². The van der Waals surface area contributed by atoms with Crippen LogP contribution in [0.25, 0.3) is 0 Å². The zero-order valence-electron chi connectivity index (χ0n) is 12.1. The molecular formula is C15H18FNO4. The molecule has 6 heteroatoms. The normalized spacial score (nSPS) is 24.3. The summed E-state index contributed by atoms with van der Waals surface area (Å²) in [5.74, 6) is -1.90. The van der Waals surface area contributed by atoms with Crippen molar-refractivity contribution >= 4 is 12.1 Å². The Morgan fingerprint density at radius 2 is 1.90 bits per heavy atom. The van der Waals surface area contributed by atoms with Crippen LogP contribution in [0.5, 0.6) is 0 Å². The van der Waals surface area contributed by atoms with Crippen LogP contribution in [0.1, 0.15) is 38.7 Å². The van der Waals surface area contributed by atoms with Gasteiger partial charge in [0, 0.05) is 5.92 Å². The van der Waals surface area contributed by atoms with E-state index < -0.39 is 23.2 Å². The largest absolute Gasteiger partial charge is 0.479 e. The minimum absolute atomic E-state index is 0.257. The van der Waals surface area contributed by atoms with Crippen molar-refractivity contribution in [2.45, 2.75) is 44.2 Å². The van der Waals surface area contributed by atoms with Crippen LogP contribution in [0, 0.1) is 5.82 Å². The van der Waals surface area contributed by atoms with Crippen molar-refractivity contribution in [3.05, 3.63) is 35.6 Å². The van der Waals surface area contributed by atoms with E-state index in [1.54, 1.807) is 20.8 Å². The maximum absolute atomic E-state index is 12.9. The number of carbonyl (C=O) groups excluding carboxylic acids is 1. The summed E-state index contributed by atoms with van der Waals surface area (Å²) < 4.78 is 18.0. The average Bonchev–Trinajstić information content (AvgIpc) is 3.03. The third-order valence-electron chi connectivity index (χ3n) is 3.34. The minimum atomic E-state index is -1.37. The van der Waals surface area contributed by atoms with Crippen LogP contribution in [-0.2, 0) is 9.53 Å². The Balaban J connectivity index is 2.12. The first kappa shape index (κ1) is 15.3. The topological polar surface area (TPSA) is 75.6 Å². The second-order valence-electron chi connectivity index (χ2n) is 6.21. The van der Waals surface area contributed by atoms with Crippen molar-refractivity contribution in [3.63, 3.8) is 0 Å². The molecule has 0 heterocycles. The van der Waals surface area contributed by atoms with Crippen molar-refractivity contribution in [2.24, 2.45) is 0 Å². The highest BCUT2D eigenvalue weighted by Gasteiger charge is 2.62. The van der Waals surface area contributed by atoms with Gasteiger partial charge in [0.1, 0.15) is 17.0 Å². The van der Waals surface area contributed by atoms with Crippen molar-refractivity contribution in [1.82, 2.24) is 5.32 Å². The number of carboxylic acid groups (broad SMARTS) is 1. The molecule has 0 radical (unpaired) electrons. The molecular weight excluding hydrogens is 277 g/mol. The Morgan fingerprint density at radius 1 is 1.33 bits per heavy atom. The molecule has 1 saturated carbocycles. The van der Waals surface area contributed by atoms with E-state index in [1.807, 2.05) is 0 Å². The van der Waals surface area contributed by atoms with Gasteiger partial charge in [-0.15, -0.1) is 0 Å². The standard InChI is InChI=1S/C15H18FNO4/c1-14(2,3)21-13(20)17-15(12(18)19)8-11(15)9-4-6-10(16)7-5-9/h4-7,11H,8H2,1-3H3,(H,17,20)(H,18,19)/t11-,15+/m1/s1. The van der Waals surface area contributed by atoms with E-state index in [-0.39, 0.29) is 18.2 Å². The van der Waals surface area contributed by atoms with Gasteiger partial charge in [0.05, 0.1) is 0 Å². The van der Waals surface area contributed by atoms with Crippen LogP contribution in [-0.4, -0.2) is 28.3 Å². The molecule has 1 aliphatic rings. The molecule has 114 valence electrons. The van der Waals surface area contributed by atoms with Crippen LogP contribution in [0.2, 0.25) is 0 Å². The number of aliphatic carboxylic acids is 1. The van der Waals surface area contributed by atoms with E-state index in [1.165, 1.54) is 24.3 Å². The quantitative estimate of drug-likeness (QED) is 0.899. The molecule has 1 aromatic carbocycles. The van der Waals surface area contributed by atoms with Gasteiger partial charge in [0.2, 0.25) is 0 Å². The summed E-state index contributed by atoms with van der Waals surface area (Å²) in [5.41, 5.74) is -1.40. The fraction of sp³-hybridized carbons (Fsp3) is 0.467. The van der Waals surface area contributed by atoms with Crippen molar-refractivity contribution in [2.75, 3.05) is 0 Å². The maximum atomic E-state index is 12.9. The molecule has 1 aromatic rings. The Hall–Kier alpha value is -2.11. The molecule has 2 atom stereocenters. The molecule has 0 saturated heterocycles. The number of hydrogen-bond donors (Lipinski definition) is 2. The Kier molecular flexibility index (Phi) is 3.65. The van der Waals surface area contributed by atoms with Crippen LogP contribution in [0.15, 0.2) is 24.3 Å². The number of amides is 1. The van der Waals surface area contributed by atoms with Crippen molar-refractivity contribution in [1.29, 1.82) is 0 Å². The lowest BCUT2D eigenvalue weighted by Gasteiger charge is -2.22. The molecule has 0 aromatic heterocycles. The molecule has 1 fully saturated rings. The summed E-state index contributed by atoms with van der Waals surface area (Å²) in [6.45, 7) is 5.10. The van der Waals surface area contributed by atoms with E-state index >= 15 is 0 Å². The smallest absolute Gasteiger partial charge is 0.408 e. The monoisotopic (exact) mass is 295 g/mol. The second-order valence-corrected chi connectivity index (χ2v) is 6.21. The van der Waals surface area contributed by atoms with Crippen LogP contribution in [0.4, 0.5) is 9.18 Å².